The molecule has 5 nitrogen and oxygen atoms in total. The van der Waals surface area contributed by atoms with Gasteiger partial charge in [-0.3, -0.25) is 9.69 Å². The molecule has 1 aromatic heterocycles. The van der Waals surface area contributed by atoms with Crippen LogP contribution in [0.3, 0.4) is 0 Å². The summed E-state index contributed by atoms with van der Waals surface area (Å²) in [4.78, 5) is 17.5. The summed E-state index contributed by atoms with van der Waals surface area (Å²) in [6, 6.07) is -0.138. The lowest BCUT2D eigenvalue weighted by molar-refractivity contribution is -0.125. The number of hydrogen-bond donors (Lipinski definition) is 2. The quantitative estimate of drug-likeness (QED) is 0.777. The molecule has 0 bridgehead atoms. The van der Waals surface area contributed by atoms with Crippen LogP contribution in [0.15, 0.2) is 5.38 Å². The molecule has 0 spiro atoms. The number of nitrogen functional groups attached to an aromatic ring is 1. The number of amides is 1. The summed E-state index contributed by atoms with van der Waals surface area (Å²) in [6.07, 6.45) is 0. The van der Waals surface area contributed by atoms with Crippen LogP contribution in [0.5, 0.6) is 0 Å². The number of carbonyl (C=O) groups is 1. The molecule has 0 fully saturated rings. The molecule has 1 aromatic rings. The molecule has 1 heterocycles. The molecule has 0 saturated heterocycles. The highest BCUT2D eigenvalue weighted by atomic mass is 32.1. The zero-order valence-corrected chi connectivity index (χ0v) is 9.97. The van der Waals surface area contributed by atoms with Crippen molar-refractivity contribution in [3.8, 4) is 0 Å². The number of nitrogens with zero attached hydrogens (tertiary/aromatic N) is 2. The SMILES string of the molecule is CC(C(=O)NCc1csc(N)n1)N(C)C. The predicted molar refractivity (Wildman–Crippen MR) is 61.5 cm³/mol. The summed E-state index contributed by atoms with van der Waals surface area (Å²) in [6.45, 7) is 2.29. The third kappa shape index (κ3) is 3.49. The van der Waals surface area contributed by atoms with Gasteiger partial charge in [-0.2, -0.15) is 0 Å². The Bertz CT molecular complexity index is 337. The first-order valence-electron chi connectivity index (χ1n) is 4.64. The van der Waals surface area contributed by atoms with Crippen LogP contribution in [-0.4, -0.2) is 35.9 Å². The van der Waals surface area contributed by atoms with Crippen molar-refractivity contribution in [1.82, 2.24) is 15.2 Å². The van der Waals surface area contributed by atoms with Crippen LogP contribution >= 0.6 is 11.3 Å². The van der Waals surface area contributed by atoms with E-state index in [0.717, 1.165) is 5.69 Å². The zero-order chi connectivity index (χ0) is 11.4. The summed E-state index contributed by atoms with van der Waals surface area (Å²) in [5.41, 5.74) is 6.28. The van der Waals surface area contributed by atoms with Gasteiger partial charge < -0.3 is 11.1 Å². The lowest BCUT2D eigenvalue weighted by Crippen LogP contribution is -2.41. The third-order valence-corrected chi connectivity index (χ3v) is 2.89. The van der Waals surface area contributed by atoms with E-state index in [1.54, 1.807) is 0 Å². The van der Waals surface area contributed by atoms with Crippen LogP contribution in [0.25, 0.3) is 0 Å². The predicted octanol–water partition coefficient (Wildman–Crippen LogP) is 0.292. The second-order valence-electron chi connectivity index (χ2n) is 3.53. The minimum atomic E-state index is -0.138. The summed E-state index contributed by atoms with van der Waals surface area (Å²) in [5.74, 6) is -0.00780. The molecule has 1 amide bonds. The van der Waals surface area contributed by atoms with Gasteiger partial charge in [0.15, 0.2) is 5.13 Å². The van der Waals surface area contributed by atoms with Crippen LogP contribution in [0.2, 0.25) is 0 Å². The van der Waals surface area contributed by atoms with Crippen LogP contribution in [0.4, 0.5) is 5.13 Å². The Hall–Kier alpha value is -1.14. The lowest BCUT2D eigenvalue weighted by atomic mass is 10.3. The number of nitrogens with one attached hydrogen (secondary N) is 1. The van der Waals surface area contributed by atoms with Gasteiger partial charge in [0.2, 0.25) is 5.91 Å². The highest BCUT2D eigenvalue weighted by molar-refractivity contribution is 7.13. The van der Waals surface area contributed by atoms with E-state index >= 15 is 0 Å². The topological polar surface area (TPSA) is 71.2 Å². The van der Waals surface area contributed by atoms with E-state index in [4.69, 9.17) is 5.73 Å². The van der Waals surface area contributed by atoms with Gasteiger partial charge in [0.05, 0.1) is 18.3 Å². The normalized spacial score (nSPS) is 12.8. The van der Waals surface area contributed by atoms with Crippen LogP contribution < -0.4 is 11.1 Å². The number of carbonyl (C=O) groups excluding carboxylic acids is 1. The zero-order valence-electron chi connectivity index (χ0n) is 9.15. The van der Waals surface area contributed by atoms with Gasteiger partial charge in [0, 0.05) is 5.38 Å². The molecule has 6 heteroatoms. The molecule has 84 valence electrons. The molecule has 3 N–H and O–H groups in total. The maximum atomic E-state index is 11.6. The first-order chi connectivity index (χ1) is 7.00. The van der Waals surface area contributed by atoms with Gasteiger partial charge in [0.1, 0.15) is 0 Å². The number of thiazole rings is 1. The van der Waals surface area contributed by atoms with E-state index in [1.165, 1.54) is 11.3 Å². The van der Waals surface area contributed by atoms with Crippen molar-refractivity contribution < 1.29 is 4.79 Å². The van der Waals surface area contributed by atoms with E-state index in [-0.39, 0.29) is 11.9 Å². The monoisotopic (exact) mass is 228 g/mol. The fraction of sp³-hybridized carbons (Fsp3) is 0.556. The molecule has 1 rings (SSSR count). The molecule has 0 saturated carbocycles. The number of rotatable bonds is 4. The second-order valence-corrected chi connectivity index (χ2v) is 4.42. The van der Waals surface area contributed by atoms with Gasteiger partial charge in [-0.15, -0.1) is 11.3 Å². The van der Waals surface area contributed by atoms with E-state index in [2.05, 4.69) is 10.3 Å². The smallest absolute Gasteiger partial charge is 0.237 e. The second kappa shape index (κ2) is 5.09. The van der Waals surface area contributed by atoms with Crippen LogP contribution in [0, 0.1) is 0 Å². The maximum Gasteiger partial charge on any atom is 0.237 e. The highest BCUT2D eigenvalue weighted by Crippen LogP contribution is 2.10. The molecule has 1 unspecified atom stereocenters. The molecule has 0 aliphatic carbocycles. The summed E-state index contributed by atoms with van der Waals surface area (Å²) in [7, 11) is 3.73. The first-order valence-corrected chi connectivity index (χ1v) is 5.52. The molecular weight excluding hydrogens is 212 g/mol. The summed E-state index contributed by atoms with van der Waals surface area (Å²) < 4.78 is 0. The average molecular weight is 228 g/mol. The maximum absolute atomic E-state index is 11.6. The number of anilines is 1. The number of aromatic nitrogens is 1. The van der Waals surface area contributed by atoms with E-state index in [0.29, 0.717) is 11.7 Å². The molecule has 15 heavy (non-hydrogen) atoms. The first kappa shape index (κ1) is 11.9. The van der Waals surface area contributed by atoms with Gasteiger partial charge >= 0.3 is 0 Å². The fourth-order valence-corrected chi connectivity index (χ4v) is 1.53. The Kier molecular flexibility index (Phi) is 4.05. The van der Waals surface area contributed by atoms with Crippen molar-refractivity contribution in [2.45, 2.75) is 19.5 Å². The number of likely N-dealkylation sites (N-methyl/N-ethyl adjacent to an activating group) is 1. The van der Waals surface area contributed by atoms with E-state index < -0.39 is 0 Å². The van der Waals surface area contributed by atoms with Crippen molar-refractivity contribution >= 4 is 22.4 Å². The van der Waals surface area contributed by atoms with E-state index in [1.807, 2.05) is 31.3 Å². The van der Waals surface area contributed by atoms with Gasteiger partial charge in [0.25, 0.3) is 0 Å². The van der Waals surface area contributed by atoms with Crippen molar-refractivity contribution in [2.75, 3.05) is 19.8 Å². The fourth-order valence-electron chi connectivity index (χ4n) is 0.964. The van der Waals surface area contributed by atoms with Crippen molar-refractivity contribution in [2.24, 2.45) is 0 Å². The van der Waals surface area contributed by atoms with Gasteiger partial charge in [-0.05, 0) is 21.0 Å². The Balaban J connectivity index is 2.40. The number of nitrogens with two attached hydrogens (primary N) is 1. The number of hydrogen-bond acceptors (Lipinski definition) is 5. The molecule has 0 aromatic carbocycles. The Morgan fingerprint density at radius 3 is 2.87 bits per heavy atom. The standard InChI is InChI=1S/C9H16N4OS/c1-6(13(2)3)8(14)11-4-7-5-15-9(10)12-7/h5-6H,4H2,1-3H3,(H2,10,12)(H,11,14). The average Bonchev–Trinajstić information content (AvgIpc) is 2.59. The van der Waals surface area contributed by atoms with Crippen LogP contribution in [-0.2, 0) is 11.3 Å². The summed E-state index contributed by atoms with van der Waals surface area (Å²) >= 11 is 1.38. The van der Waals surface area contributed by atoms with Gasteiger partial charge in [-0.1, -0.05) is 0 Å². The van der Waals surface area contributed by atoms with E-state index in [9.17, 15) is 4.79 Å². The van der Waals surface area contributed by atoms with Gasteiger partial charge in [-0.25, -0.2) is 4.98 Å². The Morgan fingerprint density at radius 2 is 2.40 bits per heavy atom. The van der Waals surface area contributed by atoms with Crippen molar-refractivity contribution in [1.29, 1.82) is 0 Å². The third-order valence-electron chi connectivity index (χ3n) is 2.17. The van der Waals surface area contributed by atoms with Crippen molar-refractivity contribution in [3.63, 3.8) is 0 Å². The molecule has 0 radical (unpaired) electrons. The largest absolute Gasteiger partial charge is 0.375 e. The molecule has 1 atom stereocenters. The Labute approximate surface area is 93.3 Å². The van der Waals surface area contributed by atoms with Crippen molar-refractivity contribution in [3.05, 3.63) is 11.1 Å². The minimum absolute atomic E-state index is 0.00780. The molecular formula is C9H16N4OS. The molecule has 0 aliphatic rings. The Morgan fingerprint density at radius 1 is 1.73 bits per heavy atom. The molecule has 0 aliphatic heterocycles. The lowest BCUT2D eigenvalue weighted by Gasteiger charge is -2.18. The summed E-state index contributed by atoms with van der Waals surface area (Å²) in [5, 5.41) is 5.17. The minimum Gasteiger partial charge on any atom is -0.375 e. The highest BCUT2D eigenvalue weighted by Gasteiger charge is 2.14. The van der Waals surface area contributed by atoms with Crippen LogP contribution in [0.1, 0.15) is 12.6 Å².